The highest BCUT2D eigenvalue weighted by Crippen LogP contribution is 2.33. The second-order valence-electron chi connectivity index (χ2n) is 3.21. The van der Waals surface area contributed by atoms with Crippen molar-refractivity contribution in [2.45, 2.75) is 6.18 Å². The fourth-order valence-corrected chi connectivity index (χ4v) is 1.45. The Morgan fingerprint density at radius 3 is 2.50 bits per heavy atom. The molecule has 1 aromatic heterocycles. The van der Waals surface area contributed by atoms with E-state index in [-0.39, 0.29) is 10.9 Å². The molecule has 0 aliphatic carbocycles. The zero-order valence-electron chi connectivity index (χ0n) is 7.73. The molecule has 0 atom stereocenters. The van der Waals surface area contributed by atoms with E-state index in [4.69, 9.17) is 0 Å². The molecule has 6 heteroatoms. The molecular weight excluding hydrogens is 226 g/mol. The summed E-state index contributed by atoms with van der Waals surface area (Å²) in [6.45, 7) is 0. The van der Waals surface area contributed by atoms with Gasteiger partial charge in [0.15, 0.2) is 5.82 Å². The number of rotatable bonds is 0. The summed E-state index contributed by atoms with van der Waals surface area (Å²) >= 11 is 0. The maximum absolute atomic E-state index is 12.9. The Bertz CT molecular complexity index is 600. The molecule has 1 N–H and O–H groups in total. The average molecular weight is 231 g/mol. The lowest BCUT2D eigenvalue weighted by atomic mass is 10.1. The van der Waals surface area contributed by atoms with Crippen LogP contribution in [0, 0.1) is 5.82 Å². The monoisotopic (exact) mass is 231 g/mol. The first-order chi connectivity index (χ1) is 7.39. The minimum atomic E-state index is -4.58. The molecule has 84 valence electrons. The molecule has 2 rings (SSSR count). The Labute approximate surface area is 86.5 Å². The fourth-order valence-electron chi connectivity index (χ4n) is 1.45. The molecule has 16 heavy (non-hydrogen) atoms. The smallest absolute Gasteiger partial charge is 0.319 e. The van der Waals surface area contributed by atoms with Crippen molar-refractivity contribution < 1.29 is 17.6 Å². The lowest BCUT2D eigenvalue weighted by Crippen LogP contribution is -2.12. The number of aromatic amines is 1. The second-order valence-corrected chi connectivity index (χ2v) is 3.21. The van der Waals surface area contributed by atoms with E-state index in [2.05, 4.69) is 0 Å². The molecule has 0 fully saturated rings. The molecule has 0 saturated carbocycles. The van der Waals surface area contributed by atoms with Crippen molar-refractivity contribution in [1.29, 1.82) is 0 Å². The standard InChI is InChI=1S/C10H5F4NO/c11-7-4-5-6(10(12,13)14)2-1-3-8(5)15-9(7)16/h1-4H,(H,15,16). The third-order valence-corrected chi connectivity index (χ3v) is 2.15. The summed E-state index contributed by atoms with van der Waals surface area (Å²) in [5.41, 5.74) is -2.05. The highest BCUT2D eigenvalue weighted by molar-refractivity contribution is 5.82. The van der Waals surface area contributed by atoms with Gasteiger partial charge >= 0.3 is 6.18 Å². The van der Waals surface area contributed by atoms with Gasteiger partial charge in [0.05, 0.1) is 5.56 Å². The van der Waals surface area contributed by atoms with Gasteiger partial charge in [-0.25, -0.2) is 4.39 Å². The van der Waals surface area contributed by atoms with Crippen molar-refractivity contribution in [3.63, 3.8) is 0 Å². The van der Waals surface area contributed by atoms with E-state index >= 15 is 0 Å². The van der Waals surface area contributed by atoms with Gasteiger partial charge < -0.3 is 4.98 Å². The van der Waals surface area contributed by atoms with Gasteiger partial charge in [-0.15, -0.1) is 0 Å². The van der Waals surface area contributed by atoms with Crippen LogP contribution in [0.25, 0.3) is 10.9 Å². The van der Waals surface area contributed by atoms with E-state index in [1.54, 1.807) is 0 Å². The summed E-state index contributed by atoms with van der Waals surface area (Å²) in [7, 11) is 0. The normalized spacial score (nSPS) is 12.0. The first-order valence-corrected chi connectivity index (χ1v) is 4.28. The van der Waals surface area contributed by atoms with E-state index in [1.807, 2.05) is 4.98 Å². The molecule has 1 aromatic carbocycles. The average Bonchev–Trinajstić information content (AvgIpc) is 2.17. The van der Waals surface area contributed by atoms with Crippen LogP contribution in [0.3, 0.4) is 0 Å². The Morgan fingerprint density at radius 2 is 1.88 bits per heavy atom. The number of hydrogen-bond acceptors (Lipinski definition) is 1. The molecule has 1 heterocycles. The minimum Gasteiger partial charge on any atom is -0.319 e. The highest BCUT2D eigenvalue weighted by atomic mass is 19.4. The van der Waals surface area contributed by atoms with E-state index in [9.17, 15) is 22.4 Å². The summed E-state index contributed by atoms with van der Waals surface area (Å²) in [5, 5.41) is -0.355. The van der Waals surface area contributed by atoms with Crippen LogP contribution in [0.15, 0.2) is 29.1 Å². The Kier molecular flexibility index (Phi) is 2.22. The maximum atomic E-state index is 12.9. The highest BCUT2D eigenvalue weighted by Gasteiger charge is 2.32. The van der Waals surface area contributed by atoms with Crippen LogP contribution in [-0.2, 0) is 6.18 Å². The van der Waals surface area contributed by atoms with Crippen LogP contribution in [0.2, 0.25) is 0 Å². The molecule has 0 unspecified atom stereocenters. The molecule has 2 aromatic rings. The van der Waals surface area contributed by atoms with Gasteiger partial charge in [-0.05, 0) is 18.2 Å². The first kappa shape index (κ1) is 10.7. The quantitative estimate of drug-likeness (QED) is 0.694. The van der Waals surface area contributed by atoms with Crippen LogP contribution in [0.5, 0.6) is 0 Å². The van der Waals surface area contributed by atoms with Gasteiger partial charge in [0.25, 0.3) is 5.56 Å². The topological polar surface area (TPSA) is 32.9 Å². The lowest BCUT2D eigenvalue weighted by Gasteiger charge is -2.09. The van der Waals surface area contributed by atoms with Gasteiger partial charge in [-0.3, -0.25) is 4.79 Å². The van der Waals surface area contributed by atoms with Gasteiger partial charge in [0, 0.05) is 10.9 Å². The van der Waals surface area contributed by atoms with Gasteiger partial charge in [0.2, 0.25) is 0 Å². The molecule has 0 radical (unpaired) electrons. The number of halogens is 4. The zero-order valence-corrected chi connectivity index (χ0v) is 7.73. The van der Waals surface area contributed by atoms with Crippen LogP contribution < -0.4 is 5.56 Å². The molecule has 0 aliphatic rings. The number of hydrogen-bond donors (Lipinski definition) is 1. The van der Waals surface area contributed by atoms with Crippen molar-refractivity contribution in [3.05, 3.63) is 46.0 Å². The van der Waals surface area contributed by atoms with Crippen molar-refractivity contribution in [2.75, 3.05) is 0 Å². The number of benzene rings is 1. The van der Waals surface area contributed by atoms with Crippen molar-refractivity contribution in [2.24, 2.45) is 0 Å². The second kappa shape index (κ2) is 3.33. The molecule has 0 amide bonds. The predicted molar refractivity (Wildman–Crippen MR) is 49.5 cm³/mol. The van der Waals surface area contributed by atoms with Gasteiger partial charge in [-0.1, -0.05) is 6.07 Å². The van der Waals surface area contributed by atoms with E-state index < -0.39 is 23.1 Å². The number of aromatic nitrogens is 1. The van der Waals surface area contributed by atoms with Crippen molar-refractivity contribution in [1.82, 2.24) is 4.98 Å². The predicted octanol–water partition coefficient (Wildman–Crippen LogP) is 2.69. The van der Waals surface area contributed by atoms with Gasteiger partial charge in [0.1, 0.15) is 0 Å². The van der Waals surface area contributed by atoms with E-state index in [0.717, 1.165) is 12.1 Å². The largest absolute Gasteiger partial charge is 0.417 e. The number of nitrogens with one attached hydrogen (secondary N) is 1. The molecule has 2 nitrogen and oxygen atoms in total. The van der Waals surface area contributed by atoms with Crippen LogP contribution >= 0.6 is 0 Å². The Morgan fingerprint density at radius 1 is 1.19 bits per heavy atom. The first-order valence-electron chi connectivity index (χ1n) is 4.28. The zero-order chi connectivity index (χ0) is 11.9. The number of alkyl halides is 3. The van der Waals surface area contributed by atoms with Crippen LogP contribution in [-0.4, -0.2) is 4.98 Å². The molecule has 0 spiro atoms. The van der Waals surface area contributed by atoms with Crippen LogP contribution in [0.1, 0.15) is 5.56 Å². The van der Waals surface area contributed by atoms with E-state index in [1.165, 1.54) is 6.07 Å². The lowest BCUT2D eigenvalue weighted by molar-refractivity contribution is -0.136. The third kappa shape index (κ3) is 1.66. The van der Waals surface area contributed by atoms with Crippen molar-refractivity contribution in [3.8, 4) is 0 Å². The fraction of sp³-hybridized carbons (Fsp3) is 0.100. The molecule has 0 aliphatic heterocycles. The number of pyridine rings is 1. The van der Waals surface area contributed by atoms with Gasteiger partial charge in [-0.2, -0.15) is 13.2 Å². The number of fused-ring (bicyclic) bond motifs is 1. The molecule has 0 saturated heterocycles. The summed E-state index contributed by atoms with van der Waals surface area (Å²) in [5.74, 6) is -1.23. The SMILES string of the molecule is O=c1[nH]c2cccc(C(F)(F)F)c2cc1F. The summed E-state index contributed by atoms with van der Waals surface area (Å²) in [6.07, 6.45) is -4.58. The van der Waals surface area contributed by atoms with Crippen molar-refractivity contribution >= 4 is 10.9 Å². The molecule has 0 bridgehead atoms. The number of H-pyrrole nitrogens is 1. The summed E-state index contributed by atoms with van der Waals surface area (Å²) in [6, 6.07) is 3.86. The summed E-state index contributed by atoms with van der Waals surface area (Å²) in [4.78, 5) is 12.9. The summed E-state index contributed by atoms with van der Waals surface area (Å²) < 4.78 is 50.5. The Hall–Kier alpha value is -1.85. The molecular formula is C10H5F4NO. The minimum absolute atomic E-state index is 0.0405. The van der Waals surface area contributed by atoms with E-state index in [0.29, 0.717) is 6.07 Å². The third-order valence-electron chi connectivity index (χ3n) is 2.15. The van der Waals surface area contributed by atoms with Crippen LogP contribution in [0.4, 0.5) is 17.6 Å². The maximum Gasteiger partial charge on any atom is 0.417 e. The Balaban J connectivity index is 2.88.